The molecular formula is C3H5IN2O6. The summed E-state index contributed by atoms with van der Waals surface area (Å²) in [4.78, 5) is 27.3. The zero-order chi connectivity index (χ0) is 9.56. The molecule has 0 aromatic heterocycles. The molecule has 0 amide bonds. The smallest absolute Gasteiger partial charge is 0.294 e. The summed E-state index contributed by atoms with van der Waals surface area (Å²) in [6, 6.07) is 0. The van der Waals surface area contributed by atoms with Gasteiger partial charge in [0.1, 0.15) is 12.7 Å². The average Bonchev–Trinajstić information content (AvgIpc) is 1.97. The first kappa shape index (κ1) is 11.1. The van der Waals surface area contributed by atoms with Gasteiger partial charge in [0.2, 0.25) is 0 Å². The zero-order valence-corrected chi connectivity index (χ0v) is 7.87. The van der Waals surface area contributed by atoms with Crippen LogP contribution in [0.1, 0.15) is 0 Å². The molecule has 0 radical (unpaired) electrons. The highest BCUT2D eigenvalue weighted by atomic mass is 127. The number of rotatable bonds is 6. The number of halogens is 1. The largest absolute Gasteiger partial charge is 0.312 e. The van der Waals surface area contributed by atoms with Gasteiger partial charge >= 0.3 is 0 Å². The molecule has 0 spiro atoms. The Kier molecular flexibility index (Phi) is 5.32. The standard InChI is InChI=1S/C3H5IN2O6/c4-1-3(12-6(9)10)2-11-5(7)8/h3H,1-2H2. The van der Waals surface area contributed by atoms with E-state index in [1.807, 2.05) is 0 Å². The van der Waals surface area contributed by atoms with E-state index in [0.29, 0.717) is 0 Å². The first-order valence-corrected chi connectivity index (χ1v) is 4.23. The predicted octanol–water partition coefficient (Wildman–Crippen LogP) is 0.207. The van der Waals surface area contributed by atoms with Crippen LogP contribution in [0, 0.1) is 20.2 Å². The van der Waals surface area contributed by atoms with Crippen LogP contribution in [0.3, 0.4) is 0 Å². The molecule has 0 saturated heterocycles. The molecule has 0 fully saturated rings. The summed E-state index contributed by atoms with van der Waals surface area (Å²) >= 11 is 1.80. The van der Waals surface area contributed by atoms with E-state index in [2.05, 4.69) is 9.68 Å². The van der Waals surface area contributed by atoms with Crippen molar-refractivity contribution >= 4 is 22.6 Å². The molecule has 0 aromatic carbocycles. The van der Waals surface area contributed by atoms with Crippen molar-refractivity contribution in [2.75, 3.05) is 11.0 Å². The minimum atomic E-state index is -1.03. The molecule has 0 aliphatic rings. The highest BCUT2D eigenvalue weighted by Gasteiger charge is 2.13. The van der Waals surface area contributed by atoms with Crippen LogP contribution in [0.5, 0.6) is 0 Å². The van der Waals surface area contributed by atoms with Crippen molar-refractivity contribution in [2.24, 2.45) is 0 Å². The van der Waals surface area contributed by atoms with Crippen LogP contribution in [0.4, 0.5) is 0 Å². The van der Waals surface area contributed by atoms with Crippen molar-refractivity contribution in [3.05, 3.63) is 20.2 Å². The Morgan fingerprint density at radius 2 is 1.92 bits per heavy atom. The minimum absolute atomic E-state index is 0.243. The van der Waals surface area contributed by atoms with Gasteiger partial charge in [-0.1, -0.05) is 22.6 Å². The van der Waals surface area contributed by atoms with Gasteiger partial charge in [0.25, 0.3) is 10.2 Å². The number of hydrogen-bond donors (Lipinski definition) is 0. The van der Waals surface area contributed by atoms with E-state index < -0.39 is 22.9 Å². The SMILES string of the molecule is O=[N+]([O-])OCC(CI)O[N+](=O)[O-]. The lowest BCUT2D eigenvalue weighted by Gasteiger charge is -2.08. The van der Waals surface area contributed by atoms with Gasteiger partial charge in [-0.15, -0.1) is 20.2 Å². The van der Waals surface area contributed by atoms with E-state index in [-0.39, 0.29) is 4.43 Å². The number of alkyl halides is 1. The Morgan fingerprint density at radius 3 is 2.25 bits per heavy atom. The minimum Gasteiger partial charge on any atom is -0.312 e. The monoisotopic (exact) mass is 292 g/mol. The molecule has 0 heterocycles. The molecule has 1 atom stereocenters. The van der Waals surface area contributed by atoms with E-state index in [1.165, 1.54) is 0 Å². The molecule has 0 aliphatic carbocycles. The third-order valence-corrected chi connectivity index (χ3v) is 1.76. The predicted molar refractivity (Wildman–Crippen MR) is 43.7 cm³/mol. The van der Waals surface area contributed by atoms with Crippen LogP contribution in [0.15, 0.2) is 0 Å². The van der Waals surface area contributed by atoms with Gasteiger partial charge in [-0.2, -0.15) is 0 Å². The number of hydrogen-bond acceptors (Lipinski definition) is 6. The quantitative estimate of drug-likeness (QED) is 0.300. The Morgan fingerprint density at radius 1 is 1.33 bits per heavy atom. The summed E-state index contributed by atoms with van der Waals surface area (Å²) in [5.74, 6) is 0. The van der Waals surface area contributed by atoms with Crippen molar-refractivity contribution in [3.8, 4) is 0 Å². The van der Waals surface area contributed by atoms with Crippen molar-refractivity contribution in [2.45, 2.75) is 6.10 Å². The normalized spacial score (nSPS) is 11.8. The topological polar surface area (TPSA) is 105 Å². The van der Waals surface area contributed by atoms with E-state index in [4.69, 9.17) is 0 Å². The Bertz CT molecular complexity index is 174. The third kappa shape index (κ3) is 5.88. The maximum Gasteiger partial charge on any atom is 0.294 e. The van der Waals surface area contributed by atoms with E-state index >= 15 is 0 Å². The van der Waals surface area contributed by atoms with Crippen molar-refractivity contribution < 1.29 is 19.8 Å². The molecule has 12 heavy (non-hydrogen) atoms. The van der Waals surface area contributed by atoms with Crippen LogP contribution in [0.2, 0.25) is 0 Å². The molecule has 0 N–H and O–H groups in total. The molecule has 0 rings (SSSR count). The van der Waals surface area contributed by atoms with Gasteiger partial charge in [-0.25, -0.2) is 0 Å². The summed E-state index contributed by atoms with van der Waals surface area (Å²) in [5.41, 5.74) is 0. The zero-order valence-electron chi connectivity index (χ0n) is 5.71. The fourth-order valence-electron chi connectivity index (χ4n) is 0.369. The summed E-state index contributed by atoms with van der Waals surface area (Å²) in [6.07, 6.45) is -0.897. The molecule has 0 aliphatic heterocycles. The molecule has 8 nitrogen and oxygen atoms in total. The molecule has 0 bridgehead atoms. The third-order valence-electron chi connectivity index (χ3n) is 0.773. The number of nitrogens with zero attached hydrogens (tertiary/aromatic N) is 2. The van der Waals surface area contributed by atoms with Gasteiger partial charge in [-0.3, -0.25) is 0 Å². The van der Waals surface area contributed by atoms with Crippen molar-refractivity contribution in [1.29, 1.82) is 0 Å². The van der Waals surface area contributed by atoms with Gasteiger partial charge < -0.3 is 9.68 Å². The molecule has 0 aromatic rings. The van der Waals surface area contributed by atoms with Crippen LogP contribution >= 0.6 is 22.6 Å². The fourth-order valence-corrected chi connectivity index (χ4v) is 0.784. The second-order valence-electron chi connectivity index (χ2n) is 1.62. The Hall–Kier alpha value is -0.870. The lowest BCUT2D eigenvalue weighted by molar-refractivity contribution is -0.788. The first-order chi connectivity index (χ1) is 5.56. The van der Waals surface area contributed by atoms with Gasteiger partial charge in [0.05, 0.1) is 0 Å². The fraction of sp³-hybridized carbons (Fsp3) is 1.00. The molecule has 9 heteroatoms. The summed E-state index contributed by atoms with van der Waals surface area (Å²) in [5, 5.41) is 17.4. The maximum atomic E-state index is 9.77. The lowest BCUT2D eigenvalue weighted by Crippen LogP contribution is -2.25. The highest BCUT2D eigenvalue weighted by molar-refractivity contribution is 14.1. The van der Waals surface area contributed by atoms with Crippen molar-refractivity contribution in [1.82, 2.24) is 0 Å². The van der Waals surface area contributed by atoms with Crippen LogP contribution < -0.4 is 0 Å². The summed E-state index contributed by atoms with van der Waals surface area (Å²) in [6.45, 7) is -0.434. The van der Waals surface area contributed by atoms with Crippen molar-refractivity contribution in [3.63, 3.8) is 0 Å². The maximum absolute atomic E-state index is 9.77. The molecule has 1 unspecified atom stereocenters. The first-order valence-electron chi connectivity index (χ1n) is 2.70. The average molecular weight is 292 g/mol. The summed E-state index contributed by atoms with van der Waals surface area (Å²) < 4.78 is 0.243. The lowest BCUT2D eigenvalue weighted by atomic mass is 10.4. The second-order valence-corrected chi connectivity index (χ2v) is 2.51. The van der Waals surface area contributed by atoms with Crippen LogP contribution in [-0.2, 0) is 9.68 Å². The van der Waals surface area contributed by atoms with Crippen LogP contribution in [0.25, 0.3) is 0 Å². The highest BCUT2D eigenvalue weighted by Crippen LogP contribution is 1.98. The van der Waals surface area contributed by atoms with Gasteiger partial charge in [0.15, 0.2) is 0 Å². The second kappa shape index (κ2) is 5.74. The van der Waals surface area contributed by atoms with E-state index in [1.54, 1.807) is 22.6 Å². The molecular weight excluding hydrogens is 287 g/mol. The summed E-state index contributed by atoms with van der Waals surface area (Å²) in [7, 11) is 0. The Labute approximate surface area is 80.2 Å². The van der Waals surface area contributed by atoms with Gasteiger partial charge in [-0.05, 0) is 0 Å². The van der Waals surface area contributed by atoms with Crippen LogP contribution in [-0.4, -0.2) is 27.3 Å². The molecule has 0 saturated carbocycles. The molecule has 70 valence electrons. The van der Waals surface area contributed by atoms with Gasteiger partial charge in [0, 0.05) is 4.43 Å². The van der Waals surface area contributed by atoms with E-state index in [0.717, 1.165) is 0 Å². The Balaban J connectivity index is 3.67. The van der Waals surface area contributed by atoms with E-state index in [9.17, 15) is 20.2 Å².